The molecular formula is C9H12K2O6. The minimum absolute atomic E-state index is 0. The van der Waals surface area contributed by atoms with Crippen LogP contribution in [-0.4, -0.2) is 31.4 Å². The van der Waals surface area contributed by atoms with Crippen LogP contribution in [0.25, 0.3) is 0 Å². The van der Waals surface area contributed by atoms with Gasteiger partial charge < -0.3 is 29.3 Å². The Morgan fingerprint density at radius 1 is 1.18 bits per heavy atom. The van der Waals surface area contributed by atoms with Crippen LogP contribution >= 0.6 is 0 Å². The first-order valence-electron chi connectivity index (χ1n) is 4.69. The average Bonchev–Trinajstić information content (AvgIpc) is 2.18. The number of carboxylic acids is 2. The monoisotopic (exact) mass is 294 g/mol. The Balaban J connectivity index is 0. The quantitative estimate of drug-likeness (QED) is 0.377. The zero-order chi connectivity index (χ0) is 11.5. The number of carbonyl (C=O) groups is 2. The molecular weight excluding hydrogens is 282 g/mol. The molecule has 0 aromatic carbocycles. The summed E-state index contributed by atoms with van der Waals surface area (Å²) >= 11 is 0. The fourth-order valence-electron chi connectivity index (χ4n) is 1.28. The molecule has 0 aromatic rings. The van der Waals surface area contributed by atoms with Gasteiger partial charge in [0.05, 0.1) is 30.6 Å². The van der Waals surface area contributed by atoms with Gasteiger partial charge in [-0.15, -0.1) is 0 Å². The van der Waals surface area contributed by atoms with Gasteiger partial charge in [0.2, 0.25) is 0 Å². The first-order chi connectivity index (χ1) is 7.03. The molecule has 0 unspecified atom stereocenters. The van der Waals surface area contributed by atoms with Crippen molar-refractivity contribution in [2.24, 2.45) is 5.41 Å². The van der Waals surface area contributed by atoms with Crippen molar-refractivity contribution in [1.82, 2.24) is 0 Å². The van der Waals surface area contributed by atoms with Crippen LogP contribution in [0.15, 0.2) is 0 Å². The van der Waals surface area contributed by atoms with E-state index in [0.29, 0.717) is 6.42 Å². The smallest absolute Gasteiger partial charge is 0.549 e. The summed E-state index contributed by atoms with van der Waals surface area (Å²) in [6.07, 6.45) is 0.853. The molecule has 1 fully saturated rings. The molecule has 0 spiro atoms. The zero-order valence-electron chi connectivity index (χ0n) is 10.4. The van der Waals surface area contributed by atoms with E-state index in [0.717, 1.165) is 6.42 Å². The number of hydrogen-bond acceptors (Lipinski definition) is 6. The van der Waals surface area contributed by atoms with E-state index in [1.807, 2.05) is 6.92 Å². The van der Waals surface area contributed by atoms with Gasteiger partial charge in [-0.2, -0.15) is 0 Å². The maximum Gasteiger partial charge on any atom is 1.00 e. The van der Waals surface area contributed by atoms with Crippen molar-refractivity contribution < 1.29 is 132 Å². The number of hydrogen-bond donors (Lipinski definition) is 0. The van der Waals surface area contributed by atoms with Crippen molar-refractivity contribution in [2.45, 2.75) is 26.1 Å². The normalized spacial score (nSPS) is 18.6. The Kier molecular flexibility index (Phi) is 12.5. The van der Waals surface area contributed by atoms with Crippen LogP contribution < -0.4 is 113 Å². The second kappa shape index (κ2) is 9.95. The van der Waals surface area contributed by atoms with Crippen molar-refractivity contribution in [2.75, 3.05) is 13.2 Å². The van der Waals surface area contributed by atoms with E-state index in [1.54, 1.807) is 0 Å². The molecule has 6 nitrogen and oxygen atoms in total. The molecule has 0 aliphatic carbocycles. The predicted octanol–water partition coefficient (Wildman–Crippen LogP) is -8.35. The van der Waals surface area contributed by atoms with Crippen LogP contribution in [0.5, 0.6) is 0 Å². The third-order valence-electron chi connectivity index (χ3n) is 2.34. The van der Waals surface area contributed by atoms with Gasteiger partial charge in [-0.25, -0.2) is 0 Å². The zero-order valence-corrected chi connectivity index (χ0v) is 16.6. The number of rotatable bonds is 4. The Morgan fingerprint density at radius 3 is 1.88 bits per heavy atom. The van der Waals surface area contributed by atoms with E-state index in [1.165, 1.54) is 0 Å². The van der Waals surface area contributed by atoms with Gasteiger partial charge in [0, 0.05) is 0 Å². The molecule has 8 heteroatoms. The van der Waals surface area contributed by atoms with Gasteiger partial charge in [-0.3, -0.25) is 0 Å². The van der Waals surface area contributed by atoms with Crippen LogP contribution in [0.3, 0.4) is 0 Å². The molecule has 1 aliphatic heterocycles. The minimum Gasteiger partial charge on any atom is -0.549 e. The summed E-state index contributed by atoms with van der Waals surface area (Å²) in [7, 11) is 0. The molecule has 1 aliphatic rings. The first-order valence-corrected chi connectivity index (χ1v) is 4.69. The molecule has 0 bridgehead atoms. The largest absolute Gasteiger partial charge is 1.00 e. The van der Waals surface area contributed by atoms with Gasteiger partial charge in [-0.1, -0.05) is 13.3 Å². The van der Waals surface area contributed by atoms with E-state index >= 15 is 0 Å². The van der Waals surface area contributed by atoms with Crippen LogP contribution in [0.1, 0.15) is 19.8 Å². The molecule has 1 saturated heterocycles. The molecule has 0 N–H and O–H groups in total. The van der Waals surface area contributed by atoms with E-state index < -0.39 is 36.9 Å². The van der Waals surface area contributed by atoms with E-state index in [4.69, 9.17) is 9.47 Å². The van der Waals surface area contributed by atoms with E-state index in [9.17, 15) is 19.8 Å². The topological polar surface area (TPSA) is 98.7 Å². The second-order valence-corrected chi connectivity index (χ2v) is 3.50. The van der Waals surface area contributed by atoms with Crippen LogP contribution in [0, 0.1) is 5.41 Å². The van der Waals surface area contributed by atoms with Gasteiger partial charge in [0.25, 0.3) is 0 Å². The molecule has 1 rings (SSSR count). The molecule has 0 radical (unpaired) electrons. The third kappa shape index (κ3) is 5.56. The maximum absolute atomic E-state index is 10.7. The van der Waals surface area contributed by atoms with Gasteiger partial charge in [-0.05, 0) is 6.42 Å². The fourth-order valence-corrected chi connectivity index (χ4v) is 1.28. The van der Waals surface area contributed by atoms with Crippen molar-refractivity contribution in [3.8, 4) is 0 Å². The Hall–Kier alpha value is 2.13. The summed E-state index contributed by atoms with van der Waals surface area (Å²) < 4.78 is 9.99. The van der Waals surface area contributed by atoms with Crippen molar-refractivity contribution in [1.29, 1.82) is 0 Å². The molecule has 0 atom stereocenters. The van der Waals surface area contributed by atoms with Crippen LogP contribution in [-0.2, 0) is 19.1 Å². The molecule has 1 heterocycles. The standard InChI is InChI=1S/C9H14O6.2K/c1-2-3-6-14-4-9(5-15-6,7(10)11)8(12)13;;/h6H,2-5H2,1H3,(H,10,11)(H,12,13);;/q;2*+1/p-2. The van der Waals surface area contributed by atoms with Crippen molar-refractivity contribution in [3.05, 3.63) is 0 Å². The molecule has 0 saturated carbocycles. The van der Waals surface area contributed by atoms with E-state index in [-0.39, 0.29) is 103 Å². The summed E-state index contributed by atoms with van der Waals surface area (Å²) in [4.78, 5) is 21.4. The molecule has 17 heavy (non-hydrogen) atoms. The Labute approximate surface area is 185 Å². The summed E-state index contributed by atoms with van der Waals surface area (Å²) in [5, 5.41) is 21.4. The summed E-state index contributed by atoms with van der Waals surface area (Å²) in [5.41, 5.74) is -2.18. The number of aliphatic carboxylic acids is 2. The summed E-state index contributed by atoms with van der Waals surface area (Å²) in [5.74, 6) is -3.48. The summed E-state index contributed by atoms with van der Waals surface area (Å²) in [6.45, 7) is 0.969. The Bertz CT molecular complexity index is 246. The predicted molar refractivity (Wildman–Crippen MR) is 43.0 cm³/mol. The van der Waals surface area contributed by atoms with Crippen molar-refractivity contribution >= 4 is 11.9 Å². The maximum atomic E-state index is 10.7. The molecule has 0 amide bonds. The molecule has 86 valence electrons. The fraction of sp³-hybridized carbons (Fsp3) is 0.778. The van der Waals surface area contributed by atoms with Gasteiger partial charge >= 0.3 is 103 Å². The van der Waals surface area contributed by atoms with Crippen molar-refractivity contribution in [3.63, 3.8) is 0 Å². The SMILES string of the molecule is CCCC1OCC(C(=O)[O-])(C(=O)[O-])CO1.[K+].[K+]. The second-order valence-electron chi connectivity index (χ2n) is 3.50. The van der Waals surface area contributed by atoms with Gasteiger partial charge in [0.15, 0.2) is 6.29 Å². The number of ether oxygens (including phenoxy) is 2. The minimum atomic E-state index is -2.18. The number of carboxylic acid groups (broad SMARTS) is 2. The van der Waals surface area contributed by atoms with E-state index in [2.05, 4.69) is 0 Å². The van der Waals surface area contributed by atoms with Crippen LogP contribution in [0.4, 0.5) is 0 Å². The first kappa shape index (κ1) is 21.4. The Morgan fingerprint density at radius 2 is 1.59 bits per heavy atom. The summed E-state index contributed by atoms with van der Waals surface area (Å²) in [6, 6.07) is 0. The average molecular weight is 294 g/mol. The third-order valence-corrected chi connectivity index (χ3v) is 2.34. The number of carbonyl (C=O) groups excluding carboxylic acids is 2. The van der Waals surface area contributed by atoms with Crippen LogP contribution in [0.2, 0.25) is 0 Å². The molecule has 0 aromatic heterocycles. The van der Waals surface area contributed by atoms with Gasteiger partial charge in [0.1, 0.15) is 0 Å².